The summed E-state index contributed by atoms with van der Waals surface area (Å²) in [4.78, 5) is 18.1. The molecule has 5 nitrogen and oxygen atoms in total. The summed E-state index contributed by atoms with van der Waals surface area (Å²) in [6.07, 6.45) is 2.27. The Balaban J connectivity index is 2.01. The minimum Gasteiger partial charge on any atom is -0.474 e. The summed E-state index contributed by atoms with van der Waals surface area (Å²) in [7, 11) is 0. The maximum Gasteiger partial charge on any atom is 0.410 e. The van der Waals surface area contributed by atoms with Crippen molar-refractivity contribution in [2.45, 2.75) is 45.8 Å². The van der Waals surface area contributed by atoms with Gasteiger partial charge in [-0.15, -0.1) is 0 Å². The first-order valence-electron chi connectivity index (χ1n) is 7.51. The van der Waals surface area contributed by atoms with Crippen LogP contribution in [0.1, 0.15) is 34.1 Å². The SMILES string of the molecule is C[C@H]1CCN(C(=O)OC(C)(C)C)[C@H]1COc1ncccc1Cl. The fourth-order valence-electron chi connectivity index (χ4n) is 2.45. The van der Waals surface area contributed by atoms with Gasteiger partial charge in [0, 0.05) is 12.7 Å². The van der Waals surface area contributed by atoms with Crippen molar-refractivity contribution in [1.29, 1.82) is 0 Å². The molecule has 6 heteroatoms. The second-order valence-electron chi connectivity index (χ2n) is 6.61. The third kappa shape index (κ3) is 4.26. The molecule has 0 spiro atoms. The number of hydrogen-bond acceptors (Lipinski definition) is 4. The number of amides is 1. The van der Waals surface area contributed by atoms with Gasteiger partial charge in [-0.2, -0.15) is 0 Å². The Hall–Kier alpha value is -1.49. The molecule has 2 heterocycles. The molecule has 2 rings (SSSR count). The lowest BCUT2D eigenvalue weighted by atomic mass is 10.0. The molecule has 0 aliphatic carbocycles. The maximum atomic E-state index is 12.3. The normalized spacial score (nSPS) is 21.8. The highest BCUT2D eigenvalue weighted by molar-refractivity contribution is 6.31. The lowest BCUT2D eigenvalue weighted by molar-refractivity contribution is 0.0163. The van der Waals surface area contributed by atoms with Crippen molar-refractivity contribution in [3.8, 4) is 5.88 Å². The van der Waals surface area contributed by atoms with Gasteiger partial charge in [0.25, 0.3) is 0 Å². The zero-order chi connectivity index (χ0) is 16.3. The molecule has 0 aromatic carbocycles. The maximum absolute atomic E-state index is 12.3. The standard InChI is InChI=1S/C16H23ClN2O3/c1-11-7-9-19(15(20)22-16(2,3)4)13(11)10-21-14-12(17)6-5-8-18-14/h5-6,8,11,13H,7,9-10H2,1-4H3/t11-,13-/m0/s1. The van der Waals surface area contributed by atoms with Gasteiger partial charge < -0.3 is 14.4 Å². The molecule has 0 radical (unpaired) electrons. The molecular weight excluding hydrogens is 304 g/mol. The predicted molar refractivity (Wildman–Crippen MR) is 85.3 cm³/mol. The minimum atomic E-state index is -0.501. The van der Waals surface area contributed by atoms with Gasteiger partial charge in [0.15, 0.2) is 0 Å². The topological polar surface area (TPSA) is 51.7 Å². The van der Waals surface area contributed by atoms with E-state index in [2.05, 4.69) is 11.9 Å². The van der Waals surface area contributed by atoms with E-state index < -0.39 is 5.60 Å². The molecule has 2 atom stereocenters. The summed E-state index contributed by atoms with van der Waals surface area (Å²) in [5.41, 5.74) is -0.501. The monoisotopic (exact) mass is 326 g/mol. The van der Waals surface area contributed by atoms with Gasteiger partial charge in [-0.05, 0) is 45.2 Å². The van der Waals surface area contributed by atoms with Crippen molar-refractivity contribution in [3.63, 3.8) is 0 Å². The molecule has 0 bridgehead atoms. The molecule has 1 aliphatic heterocycles. The zero-order valence-electron chi connectivity index (χ0n) is 13.5. The molecule has 0 unspecified atom stereocenters. The van der Waals surface area contributed by atoms with E-state index in [1.807, 2.05) is 20.8 Å². The summed E-state index contributed by atoms with van der Waals surface area (Å²) < 4.78 is 11.2. The van der Waals surface area contributed by atoms with E-state index in [0.717, 1.165) is 6.42 Å². The highest BCUT2D eigenvalue weighted by atomic mass is 35.5. The molecule has 0 saturated carbocycles. The summed E-state index contributed by atoms with van der Waals surface area (Å²) >= 11 is 6.04. The van der Waals surface area contributed by atoms with Gasteiger partial charge in [-0.25, -0.2) is 9.78 Å². The van der Waals surface area contributed by atoms with Crippen LogP contribution in [0.5, 0.6) is 5.88 Å². The highest BCUT2D eigenvalue weighted by Crippen LogP contribution is 2.28. The van der Waals surface area contributed by atoms with Crippen LogP contribution in [-0.4, -0.2) is 40.8 Å². The van der Waals surface area contributed by atoms with E-state index >= 15 is 0 Å². The number of carbonyl (C=O) groups is 1. The Morgan fingerprint density at radius 3 is 2.86 bits per heavy atom. The number of rotatable bonds is 3. The van der Waals surface area contributed by atoms with Crippen LogP contribution in [0.3, 0.4) is 0 Å². The average molecular weight is 327 g/mol. The smallest absolute Gasteiger partial charge is 0.410 e. The molecule has 1 amide bonds. The number of hydrogen-bond donors (Lipinski definition) is 0. The van der Waals surface area contributed by atoms with Gasteiger partial charge in [0.1, 0.15) is 17.2 Å². The van der Waals surface area contributed by atoms with Crippen LogP contribution in [0.4, 0.5) is 4.79 Å². The fraction of sp³-hybridized carbons (Fsp3) is 0.625. The third-order valence-electron chi connectivity index (χ3n) is 3.63. The van der Waals surface area contributed by atoms with Crippen molar-refractivity contribution in [2.75, 3.05) is 13.2 Å². The molecule has 1 saturated heterocycles. The largest absolute Gasteiger partial charge is 0.474 e. The Labute approximate surface area is 136 Å². The van der Waals surface area contributed by atoms with E-state index in [4.69, 9.17) is 21.1 Å². The molecule has 22 heavy (non-hydrogen) atoms. The molecule has 1 aromatic rings. The van der Waals surface area contributed by atoms with Crippen LogP contribution in [-0.2, 0) is 4.74 Å². The van der Waals surface area contributed by atoms with E-state index in [1.54, 1.807) is 23.2 Å². The number of nitrogens with zero attached hydrogens (tertiary/aromatic N) is 2. The van der Waals surface area contributed by atoms with Crippen LogP contribution in [0.25, 0.3) is 0 Å². The Kier molecular flexibility index (Phi) is 5.16. The van der Waals surface area contributed by atoms with Crippen LogP contribution >= 0.6 is 11.6 Å². The van der Waals surface area contributed by atoms with Crippen molar-refractivity contribution in [1.82, 2.24) is 9.88 Å². The quantitative estimate of drug-likeness (QED) is 0.848. The first-order chi connectivity index (χ1) is 10.3. The number of carbonyl (C=O) groups excluding carboxylic acids is 1. The van der Waals surface area contributed by atoms with Crippen LogP contribution < -0.4 is 4.74 Å². The van der Waals surface area contributed by atoms with E-state index in [9.17, 15) is 4.79 Å². The fourth-order valence-corrected chi connectivity index (χ4v) is 2.63. The van der Waals surface area contributed by atoms with Crippen molar-refractivity contribution < 1.29 is 14.3 Å². The second-order valence-corrected chi connectivity index (χ2v) is 7.02. The Morgan fingerprint density at radius 2 is 2.23 bits per heavy atom. The van der Waals surface area contributed by atoms with Crippen LogP contribution in [0, 0.1) is 5.92 Å². The average Bonchev–Trinajstić information content (AvgIpc) is 2.77. The van der Waals surface area contributed by atoms with Gasteiger partial charge >= 0.3 is 6.09 Å². The first-order valence-corrected chi connectivity index (χ1v) is 7.88. The number of halogens is 1. The highest BCUT2D eigenvalue weighted by Gasteiger charge is 2.37. The number of pyridine rings is 1. The van der Waals surface area contributed by atoms with Gasteiger partial charge in [0.05, 0.1) is 6.04 Å². The van der Waals surface area contributed by atoms with Crippen LogP contribution in [0.15, 0.2) is 18.3 Å². The lowest BCUT2D eigenvalue weighted by Crippen LogP contribution is -2.44. The predicted octanol–water partition coefficient (Wildman–Crippen LogP) is 3.76. The summed E-state index contributed by atoms with van der Waals surface area (Å²) in [6.45, 7) is 8.74. The van der Waals surface area contributed by atoms with Gasteiger partial charge in [-0.1, -0.05) is 18.5 Å². The van der Waals surface area contributed by atoms with Crippen LogP contribution in [0.2, 0.25) is 5.02 Å². The molecular formula is C16H23ClN2O3. The van der Waals surface area contributed by atoms with E-state index in [1.165, 1.54) is 0 Å². The third-order valence-corrected chi connectivity index (χ3v) is 3.91. The first kappa shape index (κ1) is 16.9. The van der Waals surface area contributed by atoms with Crippen molar-refractivity contribution >= 4 is 17.7 Å². The molecule has 1 aliphatic rings. The van der Waals surface area contributed by atoms with Gasteiger partial charge in [-0.3, -0.25) is 0 Å². The molecule has 0 N–H and O–H groups in total. The molecule has 1 aromatic heterocycles. The lowest BCUT2D eigenvalue weighted by Gasteiger charge is -2.29. The Bertz CT molecular complexity index is 530. The molecule has 1 fully saturated rings. The van der Waals surface area contributed by atoms with Crippen molar-refractivity contribution in [2.24, 2.45) is 5.92 Å². The summed E-state index contributed by atoms with van der Waals surface area (Å²) in [6, 6.07) is 3.45. The van der Waals surface area contributed by atoms with E-state index in [0.29, 0.717) is 30.0 Å². The number of likely N-dealkylation sites (tertiary alicyclic amines) is 1. The summed E-state index contributed by atoms with van der Waals surface area (Å²) in [5.74, 6) is 0.738. The number of aromatic nitrogens is 1. The van der Waals surface area contributed by atoms with E-state index in [-0.39, 0.29) is 12.1 Å². The second kappa shape index (κ2) is 6.73. The minimum absolute atomic E-state index is 0.0343. The number of ether oxygens (including phenoxy) is 2. The Morgan fingerprint density at radius 1 is 1.50 bits per heavy atom. The van der Waals surface area contributed by atoms with Crippen molar-refractivity contribution in [3.05, 3.63) is 23.4 Å². The van der Waals surface area contributed by atoms with Gasteiger partial charge in [0.2, 0.25) is 5.88 Å². The zero-order valence-corrected chi connectivity index (χ0v) is 14.3. The molecule has 122 valence electrons. The summed E-state index contributed by atoms with van der Waals surface area (Å²) in [5, 5.41) is 0.469.